The normalized spacial score (nSPS) is 34.2. The summed E-state index contributed by atoms with van der Waals surface area (Å²) >= 11 is 0. The van der Waals surface area contributed by atoms with Crippen LogP contribution in [0.5, 0.6) is 5.75 Å². The Labute approximate surface area is 128 Å². The number of hydrogen-bond acceptors (Lipinski definition) is 2. The van der Waals surface area contributed by atoms with Crippen molar-refractivity contribution in [3.63, 3.8) is 0 Å². The van der Waals surface area contributed by atoms with Gasteiger partial charge in [0.1, 0.15) is 11.9 Å². The number of fused-ring (bicyclic) bond motifs is 2. The van der Waals surface area contributed by atoms with E-state index in [1.165, 1.54) is 36.8 Å². The van der Waals surface area contributed by atoms with Gasteiger partial charge >= 0.3 is 0 Å². The van der Waals surface area contributed by atoms with Crippen LogP contribution in [0.3, 0.4) is 0 Å². The summed E-state index contributed by atoms with van der Waals surface area (Å²) < 4.78 is 5.85. The summed E-state index contributed by atoms with van der Waals surface area (Å²) in [7, 11) is 0. The molecule has 21 heavy (non-hydrogen) atoms. The molecule has 4 rings (SSSR count). The Morgan fingerprint density at radius 3 is 2.81 bits per heavy atom. The summed E-state index contributed by atoms with van der Waals surface area (Å²) in [6.45, 7) is 5.55. The van der Waals surface area contributed by atoms with Crippen molar-refractivity contribution in [1.29, 1.82) is 0 Å². The molecule has 0 saturated heterocycles. The zero-order valence-electron chi connectivity index (χ0n) is 13.3. The minimum Gasteiger partial charge on any atom is -0.490 e. The van der Waals surface area contributed by atoms with E-state index in [2.05, 4.69) is 37.4 Å². The van der Waals surface area contributed by atoms with Crippen molar-refractivity contribution in [1.82, 2.24) is 5.32 Å². The van der Waals surface area contributed by atoms with E-state index in [1.54, 1.807) is 0 Å². The van der Waals surface area contributed by atoms with Gasteiger partial charge in [0.15, 0.2) is 0 Å². The number of benzene rings is 1. The number of ether oxygens (including phenoxy) is 1. The Morgan fingerprint density at radius 2 is 2.05 bits per heavy atom. The molecule has 0 aromatic heterocycles. The Balaban J connectivity index is 1.56. The van der Waals surface area contributed by atoms with E-state index in [0.29, 0.717) is 12.1 Å². The average Bonchev–Trinajstić information content (AvgIpc) is 2.92. The second-order valence-corrected chi connectivity index (χ2v) is 7.42. The number of hydrogen-bond donors (Lipinski definition) is 1. The molecule has 0 bridgehead atoms. The number of rotatable bonds is 5. The largest absolute Gasteiger partial charge is 0.490 e. The van der Waals surface area contributed by atoms with Crippen LogP contribution in [-0.2, 0) is 6.42 Å². The van der Waals surface area contributed by atoms with Crippen LogP contribution < -0.4 is 10.1 Å². The highest BCUT2D eigenvalue weighted by atomic mass is 16.5. The molecule has 114 valence electrons. The molecule has 1 aromatic carbocycles. The molecule has 0 radical (unpaired) electrons. The topological polar surface area (TPSA) is 21.3 Å². The van der Waals surface area contributed by atoms with Crippen LogP contribution >= 0.6 is 0 Å². The molecule has 4 atom stereocenters. The Kier molecular flexibility index (Phi) is 3.45. The fraction of sp³-hybridized carbons (Fsp3) is 0.684. The van der Waals surface area contributed by atoms with E-state index >= 15 is 0 Å². The predicted molar refractivity (Wildman–Crippen MR) is 85.6 cm³/mol. The van der Waals surface area contributed by atoms with Crippen molar-refractivity contribution in [2.24, 2.45) is 17.8 Å². The van der Waals surface area contributed by atoms with Gasteiger partial charge in [-0.1, -0.05) is 19.1 Å². The van der Waals surface area contributed by atoms with Crippen molar-refractivity contribution in [3.8, 4) is 5.75 Å². The molecule has 1 aliphatic heterocycles. The van der Waals surface area contributed by atoms with Crippen molar-refractivity contribution in [2.45, 2.75) is 58.1 Å². The van der Waals surface area contributed by atoms with Gasteiger partial charge in [-0.05, 0) is 74.1 Å². The summed E-state index contributed by atoms with van der Waals surface area (Å²) in [5.41, 5.74) is 2.90. The SMILES string of the molecule is CCCNC(c1ccc2c(c1)CC(C)O2)C1CC2CC2C1. The zero-order chi connectivity index (χ0) is 14.4. The van der Waals surface area contributed by atoms with E-state index in [1.807, 2.05) is 0 Å². The molecule has 2 heteroatoms. The molecule has 2 fully saturated rings. The van der Waals surface area contributed by atoms with Crippen molar-refractivity contribution < 1.29 is 4.74 Å². The fourth-order valence-corrected chi connectivity index (χ4v) is 4.53. The minimum absolute atomic E-state index is 0.344. The molecule has 4 unspecified atom stereocenters. The zero-order valence-corrected chi connectivity index (χ0v) is 13.3. The van der Waals surface area contributed by atoms with E-state index in [9.17, 15) is 0 Å². The molecular formula is C19H27NO. The van der Waals surface area contributed by atoms with Gasteiger partial charge in [-0.3, -0.25) is 0 Å². The smallest absolute Gasteiger partial charge is 0.123 e. The van der Waals surface area contributed by atoms with E-state index < -0.39 is 0 Å². The number of nitrogens with one attached hydrogen (secondary N) is 1. The first kappa shape index (κ1) is 13.6. The van der Waals surface area contributed by atoms with Crippen molar-refractivity contribution in [2.75, 3.05) is 6.54 Å². The van der Waals surface area contributed by atoms with Crippen LogP contribution in [0.2, 0.25) is 0 Å². The maximum absolute atomic E-state index is 5.85. The third kappa shape index (κ3) is 2.59. The molecule has 1 N–H and O–H groups in total. The first-order valence-electron chi connectivity index (χ1n) is 8.77. The molecule has 1 heterocycles. The van der Waals surface area contributed by atoms with Crippen LogP contribution in [0.25, 0.3) is 0 Å². The third-order valence-corrected chi connectivity index (χ3v) is 5.64. The molecule has 3 aliphatic rings. The van der Waals surface area contributed by atoms with Crippen LogP contribution in [0.4, 0.5) is 0 Å². The Morgan fingerprint density at radius 1 is 1.24 bits per heavy atom. The van der Waals surface area contributed by atoms with Crippen molar-refractivity contribution >= 4 is 0 Å². The van der Waals surface area contributed by atoms with Gasteiger partial charge in [-0.25, -0.2) is 0 Å². The molecule has 2 aliphatic carbocycles. The minimum atomic E-state index is 0.344. The summed E-state index contributed by atoms with van der Waals surface area (Å²) in [6, 6.07) is 7.47. The highest BCUT2D eigenvalue weighted by Gasteiger charge is 2.48. The van der Waals surface area contributed by atoms with E-state index in [4.69, 9.17) is 4.74 Å². The quantitative estimate of drug-likeness (QED) is 0.879. The molecule has 0 amide bonds. The molecule has 1 aromatic rings. The molecule has 0 spiro atoms. The van der Waals surface area contributed by atoms with Crippen LogP contribution in [-0.4, -0.2) is 12.6 Å². The maximum Gasteiger partial charge on any atom is 0.123 e. The van der Waals surface area contributed by atoms with Gasteiger partial charge in [0, 0.05) is 12.5 Å². The first-order valence-corrected chi connectivity index (χ1v) is 8.77. The monoisotopic (exact) mass is 285 g/mol. The fourth-order valence-electron chi connectivity index (χ4n) is 4.53. The van der Waals surface area contributed by atoms with Gasteiger partial charge < -0.3 is 10.1 Å². The lowest BCUT2D eigenvalue weighted by Crippen LogP contribution is -2.28. The molecule has 2 nitrogen and oxygen atoms in total. The van der Waals surface area contributed by atoms with Gasteiger partial charge in [0.05, 0.1) is 0 Å². The molecule has 2 saturated carbocycles. The van der Waals surface area contributed by atoms with Crippen molar-refractivity contribution in [3.05, 3.63) is 29.3 Å². The average molecular weight is 285 g/mol. The summed E-state index contributed by atoms with van der Waals surface area (Å²) in [6.07, 6.45) is 7.01. The molecular weight excluding hydrogens is 258 g/mol. The lowest BCUT2D eigenvalue weighted by molar-refractivity contribution is 0.254. The van der Waals surface area contributed by atoms with Gasteiger partial charge in [0.2, 0.25) is 0 Å². The third-order valence-electron chi connectivity index (χ3n) is 5.64. The second kappa shape index (κ2) is 5.31. The first-order chi connectivity index (χ1) is 10.2. The van der Waals surface area contributed by atoms with Crippen LogP contribution in [0.15, 0.2) is 18.2 Å². The Bertz CT molecular complexity index is 516. The second-order valence-electron chi connectivity index (χ2n) is 7.42. The van der Waals surface area contributed by atoms with E-state index in [-0.39, 0.29) is 0 Å². The van der Waals surface area contributed by atoms with Crippen LogP contribution in [0.1, 0.15) is 56.7 Å². The summed E-state index contributed by atoms with van der Waals surface area (Å²) in [5, 5.41) is 3.83. The highest BCUT2D eigenvalue weighted by Crippen LogP contribution is 2.57. The van der Waals surface area contributed by atoms with E-state index in [0.717, 1.165) is 36.5 Å². The lowest BCUT2D eigenvalue weighted by atomic mass is 9.88. The summed E-state index contributed by atoms with van der Waals surface area (Å²) in [5.74, 6) is 4.06. The van der Waals surface area contributed by atoms with Gasteiger partial charge in [0.25, 0.3) is 0 Å². The summed E-state index contributed by atoms with van der Waals surface area (Å²) in [4.78, 5) is 0. The Hall–Kier alpha value is -1.02. The highest BCUT2D eigenvalue weighted by molar-refractivity contribution is 5.41. The van der Waals surface area contributed by atoms with Gasteiger partial charge in [-0.2, -0.15) is 0 Å². The lowest BCUT2D eigenvalue weighted by Gasteiger charge is -2.27. The predicted octanol–water partition coefficient (Wildman–Crippen LogP) is 4.10. The maximum atomic E-state index is 5.85. The standard InChI is InChI=1S/C19H27NO/c1-3-6-20-19(17-10-14-9-15(14)11-17)13-4-5-18-16(8-13)7-12(2)21-18/h4-5,8,12,14-15,17,19-20H,3,6-7,9-11H2,1-2H3. The van der Waals surface area contributed by atoms with Crippen LogP contribution in [0, 0.1) is 17.8 Å². The van der Waals surface area contributed by atoms with Gasteiger partial charge in [-0.15, -0.1) is 0 Å².